The van der Waals surface area contributed by atoms with Crippen molar-refractivity contribution in [2.75, 3.05) is 12.9 Å². The second-order valence-electron chi connectivity index (χ2n) is 12.1. The topological polar surface area (TPSA) is 116 Å². The Kier molecular flexibility index (Phi) is 5.40. The van der Waals surface area contributed by atoms with Crippen LogP contribution in [0.4, 0.5) is 4.39 Å². The van der Waals surface area contributed by atoms with Gasteiger partial charge in [-0.05, 0) is 57.9 Å². The lowest BCUT2D eigenvalue weighted by Crippen LogP contribution is -2.70. The number of ether oxygens (including phenoxy) is 2. The number of Topliss-reactive ketones (excluding diaryl/α,β-unsaturated/α-hetero) is 1. The molecule has 0 aromatic heterocycles. The maximum Gasteiger partial charge on any atom is 0.264 e. The largest absolute Gasteiger partial charge is 0.390 e. The first-order chi connectivity index (χ1) is 16.0. The molecule has 0 spiro atoms. The normalized spacial score (nSPS) is 48.4. The van der Waals surface area contributed by atoms with Crippen molar-refractivity contribution in [1.29, 1.82) is 0 Å². The molecule has 0 bridgehead atoms. The van der Waals surface area contributed by atoms with Crippen LogP contribution < -0.4 is 0 Å². The number of hydrogen-bond acceptors (Lipinski definition) is 8. The van der Waals surface area contributed by atoms with Gasteiger partial charge in [-0.3, -0.25) is 13.8 Å². The van der Waals surface area contributed by atoms with E-state index in [-0.39, 0.29) is 24.5 Å². The second-order valence-corrected chi connectivity index (χ2v) is 13.7. The van der Waals surface area contributed by atoms with Crippen LogP contribution in [0.5, 0.6) is 0 Å². The lowest BCUT2D eigenvalue weighted by atomic mass is 9.44. The van der Waals surface area contributed by atoms with Gasteiger partial charge in [0.1, 0.15) is 12.3 Å². The highest BCUT2D eigenvalue weighted by Gasteiger charge is 2.80. The Morgan fingerprint density at radius 2 is 1.91 bits per heavy atom. The minimum Gasteiger partial charge on any atom is -0.390 e. The van der Waals surface area contributed by atoms with Gasteiger partial charge < -0.3 is 14.6 Å². The Morgan fingerprint density at radius 3 is 2.57 bits per heavy atom. The molecular weight excluding hydrogens is 479 g/mol. The van der Waals surface area contributed by atoms with Crippen molar-refractivity contribution in [3.8, 4) is 0 Å². The zero-order valence-electron chi connectivity index (χ0n) is 20.9. The highest BCUT2D eigenvalue weighted by atomic mass is 32.2. The number of fused-ring (bicyclic) bond motifs is 7. The van der Waals surface area contributed by atoms with E-state index in [1.54, 1.807) is 19.9 Å². The molecule has 5 aliphatic rings. The van der Waals surface area contributed by atoms with E-state index in [0.717, 1.165) is 11.8 Å². The maximum atomic E-state index is 17.4. The van der Waals surface area contributed by atoms with E-state index in [2.05, 4.69) is 0 Å². The van der Waals surface area contributed by atoms with Gasteiger partial charge in [0, 0.05) is 23.2 Å². The summed E-state index contributed by atoms with van der Waals surface area (Å²) in [6.07, 6.45) is 2.16. The van der Waals surface area contributed by atoms with Crippen LogP contribution in [0.1, 0.15) is 66.2 Å². The standard InChI is InChI=1S/C25H35FO8S/c1-21(2)33-20-11-17-16-7-6-14-10-15(27)8-9-22(14,3)24(16,26)18(28)12-23(17,4)25(20,34-21)19(29)13-32-35(5,30)31/h10,16-18,20,28H,6-9,11-13H2,1-5H3/t16-,17-,18-,20+,22-,23-,24-,25+/m0/s1. The fourth-order valence-corrected chi connectivity index (χ4v) is 8.76. The van der Waals surface area contributed by atoms with Gasteiger partial charge in [-0.25, -0.2) is 4.39 Å². The van der Waals surface area contributed by atoms with Crippen LogP contribution in [-0.4, -0.2) is 67.2 Å². The fourth-order valence-electron chi connectivity index (χ4n) is 8.44. The van der Waals surface area contributed by atoms with Crippen LogP contribution in [0, 0.1) is 22.7 Å². The molecule has 5 rings (SSSR count). The van der Waals surface area contributed by atoms with E-state index >= 15 is 4.39 Å². The number of aliphatic hydroxyl groups excluding tert-OH is 1. The molecule has 0 aromatic rings. The van der Waals surface area contributed by atoms with Crippen molar-refractivity contribution < 1.29 is 41.2 Å². The van der Waals surface area contributed by atoms with Gasteiger partial charge in [0.25, 0.3) is 10.1 Å². The lowest BCUT2D eigenvalue weighted by molar-refractivity contribution is -0.251. The van der Waals surface area contributed by atoms with Crippen molar-refractivity contribution >= 4 is 21.7 Å². The molecule has 4 fully saturated rings. The molecule has 1 saturated heterocycles. The van der Waals surface area contributed by atoms with E-state index in [0.29, 0.717) is 25.7 Å². The zero-order chi connectivity index (χ0) is 25.8. The summed E-state index contributed by atoms with van der Waals surface area (Å²) >= 11 is 0. The van der Waals surface area contributed by atoms with Gasteiger partial charge in [-0.2, -0.15) is 8.42 Å². The summed E-state index contributed by atoms with van der Waals surface area (Å²) in [5.74, 6) is -2.63. The highest BCUT2D eigenvalue weighted by Crippen LogP contribution is 2.72. The molecule has 0 unspecified atom stereocenters. The first-order valence-electron chi connectivity index (χ1n) is 12.4. The van der Waals surface area contributed by atoms with Crippen molar-refractivity contribution in [2.24, 2.45) is 22.7 Å². The fraction of sp³-hybridized carbons (Fsp3) is 0.840. The van der Waals surface area contributed by atoms with Crippen LogP contribution in [-0.2, 0) is 33.4 Å². The maximum absolute atomic E-state index is 17.4. The minimum atomic E-state index is -3.88. The summed E-state index contributed by atoms with van der Waals surface area (Å²) in [4.78, 5) is 25.8. The third-order valence-corrected chi connectivity index (χ3v) is 10.4. The Labute approximate surface area is 205 Å². The van der Waals surface area contributed by atoms with Gasteiger partial charge in [-0.15, -0.1) is 0 Å². The molecule has 35 heavy (non-hydrogen) atoms. The van der Waals surface area contributed by atoms with Gasteiger partial charge in [-0.1, -0.05) is 19.4 Å². The van der Waals surface area contributed by atoms with E-state index in [1.165, 1.54) is 0 Å². The molecule has 1 N–H and O–H groups in total. The third kappa shape index (κ3) is 3.25. The van der Waals surface area contributed by atoms with Crippen molar-refractivity contribution in [3.05, 3.63) is 11.6 Å². The number of hydrogen-bond donors (Lipinski definition) is 1. The first-order valence-corrected chi connectivity index (χ1v) is 14.2. The van der Waals surface area contributed by atoms with Crippen LogP contribution >= 0.6 is 0 Å². The van der Waals surface area contributed by atoms with Crippen LogP contribution in [0.3, 0.4) is 0 Å². The lowest BCUT2D eigenvalue weighted by Gasteiger charge is -2.63. The summed E-state index contributed by atoms with van der Waals surface area (Å²) in [7, 11) is -3.88. The van der Waals surface area contributed by atoms with Crippen LogP contribution in [0.2, 0.25) is 0 Å². The summed E-state index contributed by atoms with van der Waals surface area (Å²) in [5.41, 5.74) is -4.77. The second kappa shape index (κ2) is 7.43. The number of carbonyl (C=O) groups is 2. The minimum absolute atomic E-state index is 0.00971. The number of aliphatic hydroxyl groups is 1. The average molecular weight is 515 g/mol. The number of halogens is 1. The molecule has 10 heteroatoms. The van der Waals surface area contributed by atoms with Crippen LogP contribution in [0.25, 0.3) is 0 Å². The van der Waals surface area contributed by atoms with E-state index in [4.69, 9.17) is 13.7 Å². The number of carbonyl (C=O) groups excluding carboxylic acids is 2. The molecule has 1 aliphatic heterocycles. The van der Waals surface area contributed by atoms with Gasteiger partial charge >= 0.3 is 0 Å². The van der Waals surface area contributed by atoms with E-state index in [1.807, 2.05) is 13.8 Å². The molecule has 4 aliphatic carbocycles. The molecule has 8 atom stereocenters. The molecule has 1 heterocycles. The summed E-state index contributed by atoms with van der Waals surface area (Å²) in [6, 6.07) is 0. The van der Waals surface area contributed by atoms with Crippen molar-refractivity contribution in [2.45, 2.75) is 95.5 Å². The zero-order valence-corrected chi connectivity index (χ0v) is 21.7. The average Bonchev–Trinajstić information content (AvgIpc) is 3.14. The Balaban J connectivity index is 1.59. The van der Waals surface area contributed by atoms with Gasteiger partial charge in [0.15, 0.2) is 23.0 Å². The molecule has 0 amide bonds. The van der Waals surface area contributed by atoms with Crippen molar-refractivity contribution in [1.82, 2.24) is 0 Å². The van der Waals surface area contributed by atoms with E-state index in [9.17, 15) is 23.1 Å². The summed E-state index contributed by atoms with van der Waals surface area (Å²) in [6.45, 7) is 6.31. The van der Waals surface area contributed by atoms with Crippen LogP contribution in [0.15, 0.2) is 11.6 Å². The number of ketones is 2. The van der Waals surface area contributed by atoms with Gasteiger partial charge in [0.2, 0.25) is 0 Å². The smallest absolute Gasteiger partial charge is 0.264 e. The predicted octanol–water partition coefficient (Wildman–Crippen LogP) is 2.63. The first kappa shape index (κ1) is 25.4. The SMILES string of the molecule is CC1(C)O[C@@H]2C[C@H]3[C@@H]4CCC5=CC(=O)CC[C@]5(C)[C@@]4(F)[C@@H](O)C[C@]3(C)[C@]2(C(=O)COS(C)(=O)=O)O1. The molecular formula is C25H35FO8S. The predicted molar refractivity (Wildman–Crippen MR) is 122 cm³/mol. The third-order valence-electron chi connectivity index (χ3n) is 9.85. The summed E-state index contributed by atoms with van der Waals surface area (Å²) < 4.78 is 58.0. The summed E-state index contributed by atoms with van der Waals surface area (Å²) in [5, 5.41) is 11.5. The Bertz CT molecular complexity index is 1120. The molecule has 0 radical (unpaired) electrons. The Hall–Kier alpha value is -1.20. The molecule has 196 valence electrons. The number of rotatable bonds is 4. The molecule has 0 aromatic carbocycles. The van der Waals surface area contributed by atoms with Gasteiger partial charge in [0.05, 0.1) is 18.5 Å². The number of alkyl halides is 1. The monoisotopic (exact) mass is 514 g/mol. The van der Waals surface area contributed by atoms with E-state index < -0.39 is 68.5 Å². The highest BCUT2D eigenvalue weighted by molar-refractivity contribution is 7.86. The number of allylic oxidation sites excluding steroid dienone is 1. The van der Waals surface area contributed by atoms with Crippen molar-refractivity contribution in [3.63, 3.8) is 0 Å². The molecule has 3 saturated carbocycles. The Morgan fingerprint density at radius 1 is 1.23 bits per heavy atom. The molecule has 8 nitrogen and oxygen atoms in total. The quantitative estimate of drug-likeness (QED) is 0.569.